The summed E-state index contributed by atoms with van der Waals surface area (Å²) >= 11 is 0. The summed E-state index contributed by atoms with van der Waals surface area (Å²) in [4.78, 5) is 2.41. The van der Waals surface area contributed by atoms with Gasteiger partial charge in [-0.2, -0.15) is 0 Å². The predicted octanol–water partition coefficient (Wildman–Crippen LogP) is 12.7. The molecule has 0 aliphatic heterocycles. The molecule has 2 nitrogen and oxygen atoms in total. The third-order valence-electron chi connectivity index (χ3n) is 8.98. The maximum atomic E-state index is 6.36. The Bertz CT molecular complexity index is 2460. The first kappa shape index (κ1) is 26.3. The molecule has 9 aromatic rings. The van der Waals surface area contributed by atoms with Crippen molar-refractivity contribution in [3.63, 3.8) is 0 Å². The second kappa shape index (κ2) is 10.8. The lowest BCUT2D eigenvalue weighted by molar-refractivity contribution is 0.669. The first-order valence-corrected chi connectivity index (χ1v) is 15.7. The summed E-state index contributed by atoms with van der Waals surface area (Å²) in [6.07, 6.45) is 0. The Balaban J connectivity index is 1.35. The monoisotopic (exact) mass is 587 g/mol. The Morgan fingerprint density at radius 3 is 1.57 bits per heavy atom. The molecule has 8 aromatic carbocycles. The molecule has 0 N–H and O–H groups in total. The summed E-state index contributed by atoms with van der Waals surface area (Å²) < 4.78 is 6.36. The number of para-hydroxylation sites is 2. The minimum absolute atomic E-state index is 0.902. The highest BCUT2D eigenvalue weighted by Gasteiger charge is 2.20. The summed E-state index contributed by atoms with van der Waals surface area (Å²) in [6, 6.07) is 62.8. The van der Waals surface area contributed by atoms with Crippen molar-refractivity contribution >= 4 is 60.5 Å². The maximum absolute atomic E-state index is 6.36. The lowest BCUT2D eigenvalue weighted by atomic mass is 9.95. The number of hydrogen-bond donors (Lipinski definition) is 0. The van der Waals surface area contributed by atoms with Crippen LogP contribution in [0.5, 0.6) is 0 Å². The van der Waals surface area contributed by atoms with E-state index in [1.807, 2.05) is 12.1 Å². The van der Waals surface area contributed by atoms with Gasteiger partial charge in [-0.25, -0.2) is 0 Å². The van der Waals surface area contributed by atoms with Gasteiger partial charge in [0.2, 0.25) is 0 Å². The van der Waals surface area contributed by atoms with Crippen LogP contribution in [0.3, 0.4) is 0 Å². The Morgan fingerprint density at radius 2 is 0.891 bits per heavy atom. The topological polar surface area (TPSA) is 16.4 Å². The van der Waals surface area contributed by atoms with Gasteiger partial charge in [0.25, 0.3) is 0 Å². The highest BCUT2D eigenvalue weighted by atomic mass is 16.3. The van der Waals surface area contributed by atoms with Crippen molar-refractivity contribution in [1.29, 1.82) is 0 Å². The molecule has 1 heterocycles. The fraction of sp³-hybridized carbons (Fsp3) is 0. The number of nitrogens with zero attached hydrogens (tertiary/aromatic N) is 1. The molecule has 0 fully saturated rings. The van der Waals surface area contributed by atoms with E-state index in [0.717, 1.165) is 44.4 Å². The second-order valence-electron chi connectivity index (χ2n) is 11.8. The Hall–Kier alpha value is -6.12. The van der Waals surface area contributed by atoms with Crippen LogP contribution in [0.4, 0.5) is 17.1 Å². The smallest absolute Gasteiger partial charge is 0.136 e. The van der Waals surface area contributed by atoms with Gasteiger partial charge in [-0.05, 0) is 93.0 Å². The Morgan fingerprint density at radius 1 is 0.326 bits per heavy atom. The molecule has 0 amide bonds. The molecule has 0 saturated heterocycles. The highest BCUT2D eigenvalue weighted by molar-refractivity contribution is 6.20. The van der Waals surface area contributed by atoms with E-state index in [9.17, 15) is 0 Å². The summed E-state index contributed by atoms with van der Waals surface area (Å²) in [6.45, 7) is 0. The zero-order valence-corrected chi connectivity index (χ0v) is 25.1. The molecule has 216 valence electrons. The zero-order valence-electron chi connectivity index (χ0n) is 25.1. The van der Waals surface area contributed by atoms with E-state index in [4.69, 9.17) is 4.42 Å². The SMILES string of the molecule is c1ccc(-c2cc(-c3ccccc3)cc(N(c3ccccc3)c3cc4cc5oc6ccccc6c5cc4c4ccccc34)c2)cc1. The van der Waals surface area contributed by atoms with Gasteiger partial charge in [0.05, 0.1) is 5.69 Å². The number of benzene rings is 8. The summed E-state index contributed by atoms with van der Waals surface area (Å²) in [5.74, 6) is 0. The molecule has 0 atom stereocenters. The van der Waals surface area contributed by atoms with Crippen LogP contribution in [0.2, 0.25) is 0 Å². The quantitative estimate of drug-likeness (QED) is 0.186. The van der Waals surface area contributed by atoms with Crippen LogP contribution in [-0.2, 0) is 0 Å². The Labute approximate surface area is 267 Å². The fourth-order valence-electron chi connectivity index (χ4n) is 6.83. The van der Waals surface area contributed by atoms with Gasteiger partial charge in [-0.3, -0.25) is 0 Å². The van der Waals surface area contributed by atoms with Crippen LogP contribution in [0, 0.1) is 0 Å². The van der Waals surface area contributed by atoms with Gasteiger partial charge >= 0.3 is 0 Å². The first-order chi connectivity index (χ1) is 22.8. The molecule has 0 aliphatic rings. The van der Waals surface area contributed by atoms with Gasteiger partial charge in [0.15, 0.2) is 0 Å². The van der Waals surface area contributed by atoms with E-state index in [1.54, 1.807) is 0 Å². The van der Waals surface area contributed by atoms with Gasteiger partial charge in [-0.15, -0.1) is 0 Å². The number of fused-ring (bicyclic) bond motifs is 6. The Kier molecular flexibility index (Phi) is 6.17. The number of furan rings is 1. The van der Waals surface area contributed by atoms with Gasteiger partial charge < -0.3 is 9.32 Å². The standard InChI is InChI=1S/C44H29NO/c1-4-14-30(15-5-1)32-24-33(31-16-6-2-7-17-31)26-36(25-32)45(35-18-8-3-9-19-35)42-27-34-28-44-41(39-22-12-13-23-43(39)46-44)29-40(34)37-20-10-11-21-38(37)42/h1-29H. The molecule has 0 saturated carbocycles. The van der Waals surface area contributed by atoms with E-state index in [1.165, 1.54) is 38.4 Å². The predicted molar refractivity (Wildman–Crippen MR) is 194 cm³/mol. The van der Waals surface area contributed by atoms with Crippen LogP contribution in [0.1, 0.15) is 0 Å². The zero-order chi connectivity index (χ0) is 30.5. The lowest BCUT2D eigenvalue weighted by Gasteiger charge is -2.28. The normalized spacial score (nSPS) is 11.5. The summed E-state index contributed by atoms with van der Waals surface area (Å²) in [7, 11) is 0. The third-order valence-corrected chi connectivity index (χ3v) is 8.98. The summed E-state index contributed by atoms with van der Waals surface area (Å²) in [5.41, 5.74) is 9.85. The molecule has 0 aliphatic carbocycles. The van der Waals surface area contributed by atoms with Crippen molar-refractivity contribution in [2.45, 2.75) is 0 Å². The van der Waals surface area contributed by atoms with Crippen LogP contribution < -0.4 is 4.90 Å². The molecular formula is C44H29NO. The fourth-order valence-corrected chi connectivity index (χ4v) is 6.83. The molecule has 0 spiro atoms. The average molecular weight is 588 g/mol. The highest BCUT2D eigenvalue weighted by Crippen LogP contribution is 2.45. The van der Waals surface area contributed by atoms with E-state index in [-0.39, 0.29) is 0 Å². The number of anilines is 3. The van der Waals surface area contributed by atoms with Crippen molar-refractivity contribution < 1.29 is 4.42 Å². The van der Waals surface area contributed by atoms with Gasteiger partial charge in [0.1, 0.15) is 11.2 Å². The van der Waals surface area contributed by atoms with Crippen molar-refractivity contribution in [3.8, 4) is 22.3 Å². The molecule has 0 unspecified atom stereocenters. The van der Waals surface area contributed by atoms with Crippen molar-refractivity contribution in [2.24, 2.45) is 0 Å². The maximum Gasteiger partial charge on any atom is 0.136 e. The molecular weight excluding hydrogens is 558 g/mol. The minimum atomic E-state index is 0.902. The molecule has 0 bridgehead atoms. The van der Waals surface area contributed by atoms with Crippen LogP contribution in [0.25, 0.3) is 65.7 Å². The van der Waals surface area contributed by atoms with E-state index >= 15 is 0 Å². The first-order valence-electron chi connectivity index (χ1n) is 15.7. The van der Waals surface area contributed by atoms with Crippen LogP contribution >= 0.6 is 0 Å². The second-order valence-corrected chi connectivity index (χ2v) is 11.8. The van der Waals surface area contributed by atoms with Gasteiger partial charge in [-0.1, -0.05) is 121 Å². The third kappa shape index (κ3) is 4.43. The van der Waals surface area contributed by atoms with Crippen LogP contribution in [0.15, 0.2) is 180 Å². The lowest BCUT2D eigenvalue weighted by Crippen LogP contribution is -2.11. The van der Waals surface area contributed by atoms with Crippen molar-refractivity contribution in [2.75, 3.05) is 4.90 Å². The molecule has 9 rings (SSSR count). The summed E-state index contributed by atoms with van der Waals surface area (Å²) in [5, 5.41) is 7.05. The largest absolute Gasteiger partial charge is 0.456 e. The molecule has 0 radical (unpaired) electrons. The molecule has 2 heteroatoms. The average Bonchev–Trinajstić information content (AvgIpc) is 3.49. The van der Waals surface area contributed by atoms with Crippen LogP contribution in [-0.4, -0.2) is 0 Å². The minimum Gasteiger partial charge on any atom is -0.456 e. The van der Waals surface area contributed by atoms with Crippen molar-refractivity contribution in [3.05, 3.63) is 176 Å². The number of hydrogen-bond acceptors (Lipinski definition) is 2. The molecule has 46 heavy (non-hydrogen) atoms. The van der Waals surface area contributed by atoms with E-state index in [2.05, 4.69) is 169 Å². The van der Waals surface area contributed by atoms with E-state index in [0.29, 0.717) is 0 Å². The number of rotatable bonds is 5. The van der Waals surface area contributed by atoms with Crippen molar-refractivity contribution in [1.82, 2.24) is 0 Å². The van der Waals surface area contributed by atoms with E-state index < -0.39 is 0 Å². The van der Waals surface area contributed by atoms with Gasteiger partial charge in [0, 0.05) is 27.5 Å². The molecule has 1 aromatic heterocycles.